The summed E-state index contributed by atoms with van der Waals surface area (Å²) in [6, 6.07) is 4.40. The molecule has 0 spiro atoms. The second-order valence-electron chi connectivity index (χ2n) is 4.70. The average molecular weight is 295 g/mol. The smallest absolute Gasteiger partial charge is 0.304 e. The minimum Gasteiger partial charge on any atom is -0.393 e. The first-order valence-electron chi connectivity index (χ1n) is 6.52. The van der Waals surface area contributed by atoms with Crippen molar-refractivity contribution in [1.82, 2.24) is 5.32 Å². The van der Waals surface area contributed by atoms with Crippen molar-refractivity contribution in [2.75, 3.05) is 18.0 Å². The molecule has 2 rings (SSSR count). The number of thioether (sulfide) groups is 1. The Kier molecular flexibility index (Phi) is 4.84. The van der Waals surface area contributed by atoms with Crippen LogP contribution in [0.1, 0.15) is 29.6 Å². The number of nitro benzene ring substituents is 1. The molecule has 0 radical (unpaired) electrons. The Morgan fingerprint density at radius 2 is 2.30 bits per heavy atom. The maximum atomic E-state index is 12.1. The SMILES string of the molecule is Nc1cccc(C(=O)NCC2CCCCS2)c1[N+](=O)[O-]. The first-order valence-corrected chi connectivity index (χ1v) is 7.57. The number of benzene rings is 1. The molecule has 1 aromatic carbocycles. The molecule has 1 heterocycles. The van der Waals surface area contributed by atoms with Gasteiger partial charge in [-0.15, -0.1) is 0 Å². The van der Waals surface area contributed by atoms with Crippen LogP contribution < -0.4 is 11.1 Å². The van der Waals surface area contributed by atoms with Crippen molar-refractivity contribution in [2.45, 2.75) is 24.5 Å². The van der Waals surface area contributed by atoms with Crippen molar-refractivity contribution in [3.63, 3.8) is 0 Å². The summed E-state index contributed by atoms with van der Waals surface area (Å²) in [4.78, 5) is 22.5. The maximum absolute atomic E-state index is 12.1. The number of nitrogens with one attached hydrogen (secondary N) is 1. The van der Waals surface area contributed by atoms with Crippen LogP contribution in [0.4, 0.5) is 11.4 Å². The van der Waals surface area contributed by atoms with E-state index < -0.39 is 10.8 Å². The van der Waals surface area contributed by atoms with E-state index >= 15 is 0 Å². The third-order valence-electron chi connectivity index (χ3n) is 3.26. The van der Waals surface area contributed by atoms with Gasteiger partial charge in [0.25, 0.3) is 5.91 Å². The summed E-state index contributed by atoms with van der Waals surface area (Å²) in [6.07, 6.45) is 3.46. The van der Waals surface area contributed by atoms with E-state index in [1.54, 1.807) is 6.07 Å². The lowest BCUT2D eigenvalue weighted by atomic mass is 10.1. The van der Waals surface area contributed by atoms with Gasteiger partial charge in [-0.05, 0) is 30.7 Å². The number of hydrogen-bond acceptors (Lipinski definition) is 5. The zero-order chi connectivity index (χ0) is 14.5. The maximum Gasteiger partial charge on any atom is 0.304 e. The number of rotatable bonds is 4. The van der Waals surface area contributed by atoms with Crippen LogP contribution in [0, 0.1) is 10.1 Å². The highest BCUT2D eigenvalue weighted by Crippen LogP contribution is 2.27. The molecule has 1 saturated heterocycles. The van der Waals surface area contributed by atoms with Gasteiger partial charge in [-0.25, -0.2) is 0 Å². The lowest BCUT2D eigenvalue weighted by Crippen LogP contribution is -2.32. The van der Waals surface area contributed by atoms with E-state index in [1.807, 2.05) is 11.8 Å². The van der Waals surface area contributed by atoms with Crippen molar-refractivity contribution in [1.29, 1.82) is 0 Å². The van der Waals surface area contributed by atoms with Crippen LogP contribution in [0.3, 0.4) is 0 Å². The van der Waals surface area contributed by atoms with Crippen LogP contribution in [0.15, 0.2) is 18.2 Å². The average Bonchev–Trinajstić information content (AvgIpc) is 2.45. The Morgan fingerprint density at radius 1 is 1.50 bits per heavy atom. The van der Waals surface area contributed by atoms with Gasteiger partial charge in [0.15, 0.2) is 0 Å². The highest BCUT2D eigenvalue weighted by atomic mass is 32.2. The minimum atomic E-state index is -0.612. The van der Waals surface area contributed by atoms with Gasteiger partial charge in [-0.2, -0.15) is 11.8 Å². The van der Waals surface area contributed by atoms with Gasteiger partial charge in [0, 0.05) is 11.8 Å². The third-order valence-corrected chi connectivity index (χ3v) is 4.66. The van der Waals surface area contributed by atoms with E-state index in [9.17, 15) is 14.9 Å². The number of nitrogen functional groups attached to an aromatic ring is 1. The van der Waals surface area contributed by atoms with Gasteiger partial charge in [0.05, 0.1) is 4.92 Å². The van der Waals surface area contributed by atoms with Gasteiger partial charge in [0.2, 0.25) is 0 Å². The number of anilines is 1. The fourth-order valence-corrected chi connectivity index (χ4v) is 3.46. The lowest BCUT2D eigenvalue weighted by Gasteiger charge is -2.21. The molecule has 0 bridgehead atoms. The van der Waals surface area contributed by atoms with Gasteiger partial charge in [0.1, 0.15) is 11.3 Å². The topological polar surface area (TPSA) is 98.3 Å². The van der Waals surface area contributed by atoms with Crippen LogP contribution >= 0.6 is 11.8 Å². The minimum absolute atomic E-state index is 0.00897. The third kappa shape index (κ3) is 3.41. The van der Waals surface area contributed by atoms with Crippen molar-refractivity contribution >= 4 is 29.0 Å². The monoisotopic (exact) mass is 295 g/mol. The van der Waals surface area contributed by atoms with E-state index in [-0.39, 0.29) is 16.9 Å². The number of para-hydroxylation sites is 1. The summed E-state index contributed by atoms with van der Waals surface area (Å²) < 4.78 is 0. The second-order valence-corrected chi connectivity index (χ2v) is 6.11. The first-order chi connectivity index (χ1) is 9.59. The molecule has 1 amide bonds. The highest BCUT2D eigenvalue weighted by Gasteiger charge is 2.23. The Labute approximate surface area is 121 Å². The predicted octanol–water partition coefficient (Wildman–Crippen LogP) is 2.19. The molecule has 20 heavy (non-hydrogen) atoms. The van der Waals surface area contributed by atoms with Gasteiger partial charge < -0.3 is 11.1 Å². The molecule has 1 aliphatic rings. The fourth-order valence-electron chi connectivity index (χ4n) is 2.22. The molecule has 108 valence electrons. The molecular formula is C13H17N3O3S. The van der Waals surface area contributed by atoms with Crippen molar-refractivity contribution < 1.29 is 9.72 Å². The van der Waals surface area contributed by atoms with Crippen LogP contribution in [-0.4, -0.2) is 28.4 Å². The Balaban J connectivity index is 2.05. The number of amides is 1. The van der Waals surface area contributed by atoms with E-state index in [0.717, 1.165) is 12.2 Å². The summed E-state index contributed by atoms with van der Waals surface area (Å²) in [7, 11) is 0. The molecule has 3 N–H and O–H groups in total. The predicted molar refractivity (Wildman–Crippen MR) is 79.9 cm³/mol. The summed E-state index contributed by atoms with van der Waals surface area (Å²) in [5.41, 5.74) is 5.29. The van der Waals surface area contributed by atoms with Gasteiger partial charge in [-0.3, -0.25) is 14.9 Å². The number of nitro groups is 1. The quantitative estimate of drug-likeness (QED) is 0.504. The zero-order valence-corrected chi connectivity index (χ0v) is 11.8. The van der Waals surface area contributed by atoms with E-state index in [2.05, 4.69) is 5.32 Å². The Bertz CT molecular complexity index is 516. The molecule has 7 heteroatoms. The molecule has 0 aliphatic carbocycles. The molecular weight excluding hydrogens is 278 g/mol. The molecule has 0 aromatic heterocycles. The molecule has 1 unspecified atom stereocenters. The molecule has 1 aliphatic heterocycles. The summed E-state index contributed by atoms with van der Waals surface area (Å²) in [5.74, 6) is 0.675. The van der Waals surface area contributed by atoms with Gasteiger partial charge >= 0.3 is 5.69 Å². The largest absolute Gasteiger partial charge is 0.393 e. The molecule has 6 nitrogen and oxygen atoms in total. The second kappa shape index (κ2) is 6.60. The number of nitrogens with two attached hydrogens (primary N) is 1. The summed E-state index contributed by atoms with van der Waals surface area (Å²) in [5, 5.41) is 14.2. The zero-order valence-electron chi connectivity index (χ0n) is 11.0. The van der Waals surface area contributed by atoms with E-state index in [4.69, 9.17) is 5.73 Å². The van der Waals surface area contributed by atoms with Gasteiger partial charge in [-0.1, -0.05) is 12.5 Å². The Morgan fingerprint density at radius 3 is 2.95 bits per heavy atom. The normalized spacial score (nSPS) is 18.5. The molecule has 1 fully saturated rings. The fraction of sp³-hybridized carbons (Fsp3) is 0.462. The highest BCUT2D eigenvalue weighted by molar-refractivity contribution is 7.99. The van der Waals surface area contributed by atoms with Crippen LogP contribution in [0.2, 0.25) is 0 Å². The van der Waals surface area contributed by atoms with E-state index in [1.165, 1.54) is 25.0 Å². The number of carbonyl (C=O) groups is 1. The summed E-state index contributed by atoms with van der Waals surface area (Å²) >= 11 is 1.84. The molecule has 1 atom stereocenters. The van der Waals surface area contributed by atoms with Crippen molar-refractivity contribution in [3.05, 3.63) is 33.9 Å². The first kappa shape index (κ1) is 14.6. The Hall–Kier alpha value is -1.76. The molecule has 0 saturated carbocycles. The number of nitrogens with zero attached hydrogens (tertiary/aromatic N) is 1. The summed E-state index contributed by atoms with van der Waals surface area (Å²) in [6.45, 7) is 0.537. The van der Waals surface area contributed by atoms with Crippen LogP contribution in [0.5, 0.6) is 0 Å². The van der Waals surface area contributed by atoms with Crippen molar-refractivity contribution in [2.24, 2.45) is 0 Å². The van der Waals surface area contributed by atoms with Crippen LogP contribution in [0.25, 0.3) is 0 Å². The number of carbonyl (C=O) groups excluding carboxylic acids is 1. The lowest BCUT2D eigenvalue weighted by molar-refractivity contribution is -0.384. The molecule has 1 aromatic rings. The number of hydrogen-bond donors (Lipinski definition) is 2. The van der Waals surface area contributed by atoms with E-state index in [0.29, 0.717) is 11.8 Å². The van der Waals surface area contributed by atoms with Crippen molar-refractivity contribution in [3.8, 4) is 0 Å². The standard InChI is InChI=1S/C13H17N3O3S/c14-11-6-3-5-10(12(11)16(18)19)13(17)15-8-9-4-1-2-7-20-9/h3,5-6,9H,1-2,4,7-8,14H2,(H,15,17). The van der Waals surface area contributed by atoms with Crippen LogP contribution in [-0.2, 0) is 0 Å².